The molecule has 2 aliphatic rings. The lowest BCUT2D eigenvalue weighted by molar-refractivity contribution is -0.133. The van der Waals surface area contributed by atoms with Crippen molar-refractivity contribution < 1.29 is 9.53 Å². The standard InChI is InChI=1S/C24H30N2O2/c1-16(2)18-8-6-17(7-9-18)14-22(27)28-19-10-11-21-20(15-19)24(3)12-13-25(4)23(24)26(21)5/h6-11,15-16,23H,12-14H2,1-5H3/t23?,24-/m0/s1. The summed E-state index contributed by atoms with van der Waals surface area (Å²) in [6, 6.07) is 14.3. The Hall–Kier alpha value is -2.33. The normalized spacial score (nSPS) is 23.8. The maximum absolute atomic E-state index is 12.5. The molecule has 4 nitrogen and oxygen atoms in total. The number of esters is 1. The number of carbonyl (C=O) groups excluding carboxylic acids is 1. The number of carbonyl (C=O) groups is 1. The van der Waals surface area contributed by atoms with E-state index < -0.39 is 0 Å². The highest BCUT2D eigenvalue weighted by Gasteiger charge is 2.52. The SMILES string of the molecule is CC(C)c1ccc(CC(=O)Oc2ccc3c(c2)[C@]2(C)CCN(C)C2N3C)cc1. The Labute approximate surface area is 168 Å². The lowest BCUT2D eigenvalue weighted by atomic mass is 9.81. The Morgan fingerprint density at radius 2 is 1.89 bits per heavy atom. The number of anilines is 1. The van der Waals surface area contributed by atoms with Gasteiger partial charge in [-0.15, -0.1) is 0 Å². The number of ether oxygens (including phenoxy) is 1. The van der Waals surface area contributed by atoms with E-state index in [1.165, 1.54) is 16.8 Å². The second-order valence-electron chi connectivity index (χ2n) is 8.86. The number of hydrogen-bond acceptors (Lipinski definition) is 4. The zero-order valence-corrected chi connectivity index (χ0v) is 17.5. The van der Waals surface area contributed by atoms with Crippen molar-refractivity contribution in [3.05, 3.63) is 59.2 Å². The Kier molecular flexibility index (Phi) is 4.70. The predicted molar refractivity (Wildman–Crippen MR) is 113 cm³/mol. The molecule has 0 saturated carbocycles. The molecule has 148 valence electrons. The zero-order chi connectivity index (χ0) is 20.1. The van der Waals surface area contributed by atoms with Crippen molar-refractivity contribution in [2.24, 2.45) is 0 Å². The highest BCUT2D eigenvalue weighted by Crippen LogP contribution is 2.51. The first-order chi connectivity index (χ1) is 13.3. The first kappa shape index (κ1) is 19.0. The van der Waals surface area contributed by atoms with Gasteiger partial charge >= 0.3 is 5.97 Å². The summed E-state index contributed by atoms with van der Waals surface area (Å²) in [6.45, 7) is 7.75. The third-order valence-corrected chi connectivity index (χ3v) is 6.53. The van der Waals surface area contributed by atoms with Crippen LogP contribution in [-0.4, -0.2) is 37.7 Å². The molecular weight excluding hydrogens is 348 g/mol. The summed E-state index contributed by atoms with van der Waals surface area (Å²) in [6.07, 6.45) is 1.77. The van der Waals surface area contributed by atoms with Gasteiger partial charge in [-0.25, -0.2) is 0 Å². The number of rotatable bonds is 4. The molecule has 2 atom stereocenters. The summed E-state index contributed by atoms with van der Waals surface area (Å²) in [5.41, 5.74) is 4.87. The van der Waals surface area contributed by atoms with Crippen LogP contribution in [0.25, 0.3) is 0 Å². The molecule has 0 spiro atoms. The van der Waals surface area contributed by atoms with Crippen molar-refractivity contribution in [3.8, 4) is 5.75 Å². The highest BCUT2D eigenvalue weighted by molar-refractivity contribution is 5.76. The third kappa shape index (κ3) is 3.10. The molecule has 1 saturated heterocycles. The molecule has 1 unspecified atom stereocenters. The summed E-state index contributed by atoms with van der Waals surface area (Å²) in [5, 5.41) is 0. The van der Waals surface area contributed by atoms with E-state index in [4.69, 9.17) is 4.74 Å². The first-order valence-corrected chi connectivity index (χ1v) is 10.2. The van der Waals surface area contributed by atoms with Crippen molar-refractivity contribution >= 4 is 11.7 Å². The number of likely N-dealkylation sites (tertiary alicyclic amines) is 1. The molecule has 2 aromatic rings. The smallest absolute Gasteiger partial charge is 0.315 e. The molecule has 4 rings (SSSR count). The van der Waals surface area contributed by atoms with Crippen LogP contribution in [0.3, 0.4) is 0 Å². The van der Waals surface area contributed by atoms with Gasteiger partial charge in [-0.2, -0.15) is 0 Å². The van der Waals surface area contributed by atoms with E-state index in [9.17, 15) is 4.79 Å². The second kappa shape index (κ2) is 6.93. The zero-order valence-electron chi connectivity index (χ0n) is 17.5. The van der Waals surface area contributed by atoms with E-state index in [-0.39, 0.29) is 17.8 Å². The number of benzene rings is 2. The largest absolute Gasteiger partial charge is 0.426 e. The van der Waals surface area contributed by atoms with Crippen LogP contribution < -0.4 is 9.64 Å². The molecule has 1 fully saturated rings. The lowest BCUT2D eigenvalue weighted by Crippen LogP contribution is -2.45. The van der Waals surface area contributed by atoms with Gasteiger partial charge in [0.2, 0.25) is 0 Å². The fraction of sp³-hybridized carbons (Fsp3) is 0.458. The maximum Gasteiger partial charge on any atom is 0.315 e. The summed E-state index contributed by atoms with van der Waals surface area (Å²) in [4.78, 5) is 17.2. The van der Waals surface area contributed by atoms with Crippen molar-refractivity contribution in [2.45, 2.75) is 51.1 Å². The van der Waals surface area contributed by atoms with Crippen LogP contribution in [0.5, 0.6) is 5.75 Å². The minimum absolute atomic E-state index is 0.0773. The van der Waals surface area contributed by atoms with E-state index in [1.807, 2.05) is 18.2 Å². The Morgan fingerprint density at radius 3 is 2.57 bits per heavy atom. The quantitative estimate of drug-likeness (QED) is 0.586. The minimum Gasteiger partial charge on any atom is -0.426 e. The lowest BCUT2D eigenvalue weighted by Gasteiger charge is -2.32. The molecule has 0 amide bonds. The van der Waals surface area contributed by atoms with Gasteiger partial charge in [0.25, 0.3) is 0 Å². The molecule has 0 N–H and O–H groups in total. The minimum atomic E-state index is -0.214. The molecule has 28 heavy (non-hydrogen) atoms. The summed E-state index contributed by atoms with van der Waals surface area (Å²) in [5.74, 6) is 0.923. The van der Waals surface area contributed by atoms with E-state index in [0.717, 1.165) is 18.5 Å². The van der Waals surface area contributed by atoms with Crippen LogP contribution in [0.1, 0.15) is 49.8 Å². The van der Waals surface area contributed by atoms with Crippen molar-refractivity contribution in [2.75, 3.05) is 25.5 Å². The highest BCUT2D eigenvalue weighted by atomic mass is 16.5. The van der Waals surface area contributed by atoms with Gasteiger partial charge in [-0.1, -0.05) is 45.0 Å². The fourth-order valence-corrected chi connectivity index (χ4v) is 4.97. The summed E-state index contributed by atoms with van der Waals surface area (Å²) >= 11 is 0. The third-order valence-electron chi connectivity index (χ3n) is 6.53. The molecule has 0 bridgehead atoms. The van der Waals surface area contributed by atoms with Crippen LogP contribution in [0.2, 0.25) is 0 Å². The van der Waals surface area contributed by atoms with Gasteiger partial charge in [0.15, 0.2) is 0 Å². The van der Waals surface area contributed by atoms with E-state index >= 15 is 0 Å². The van der Waals surface area contributed by atoms with Crippen molar-refractivity contribution in [1.82, 2.24) is 4.90 Å². The number of nitrogens with zero attached hydrogens (tertiary/aromatic N) is 2. The van der Waals surface area contributed by atoms with E-state index in [1.54, 1.807) is 0 Å². The fourth-order valence-electron chi connectivity index (χ4n) is 4.97. The van der Waals surface area contributed by atoms with Gasteiger partial charge in [-0.3, -0.25) is 9.69 Å². The first-order valence-electron chi connectivity index (χ1n) is 10.2. The topological polar surface area (TPSA) is 32.8 Å². The molecule has 2 aliphatic heterocycles. The summed E-state index contributed by atoms with van der Waals surface area (Å²) < 4.78 is 5.71. The van der Waals surface area contributed by atoms with Gasteiger partial charge in [0.1, 0.15) is 5.75 Å². The molecule has 0 aromatic heterocycles. The Morgan fingerprint density at radius 1 is 1.18 bits per heavy atom. The molecule has 4 heteroatoms. The predicted octanol–water partition coefficient (Wildman–Crippen LogP) is 4.33. The van der Waals surface area contributed by atoms with Crippen LogP contribution in [0.4, 0.5) is 5.69 Å². The number of fused-ring (bicyclic) bond motifs is 3. The molecule has 0 aliphatic carbocycles. The van der Waals surface area contributed by atoms with Crippen LogP contribution in [0, 0.1) is 0 Å². The summed E-state index contributed by atoms with van der Waals surface area (Å²) in [7, 11) is 4.34. The average molecular weight is 379 g/mol. The van der Waals surface area contributed by atoms with Gasteiger partial charge in [-0.05, 0) is 54.3 Å². The van der Waals surface area contributed by atoms with E-state index in [2.05, 4.69) is 68.9 Å². The van der Waals surface area contributed by atoms with Gasteiger partial charge in [0.05, 0.1) is 12.6 Å². The monoisotopic (exact) mass is 378 g/mol. The van der Waals surface area contributed by atoms with Gasteiger partial charge < -0.3 is 9.64 Å². The molecule has 2 heterocycles. The molecule has 2 aromatic carbocycles. The van der Waals surface area contributed by atoms with Gasteiger partial charge in [0, 0.05) is 24.7 Å². The van der Waals surface area contributed by atoms with Crippen LogP contribution >= 0.6 is 0 Å². The maximum atomic E-state index is 12.5. The molecular formula is C24H30N2O2. The van der Waals surface area contributed by atoms with Crippen LogP contribution in [-0.2, 0) is 16.6 Å². The Balaban J connectivity index is 1.49. The van der Waals surface area contributed by atoms with Crippen molar-refractivity contribution in [1.29, 1.82) is 0 Å². The molecule has 0 radical (unpaired) electrons. The number of likely N-dealkylation sites (N-methyl/N-ethyl adjacent to an activating group) is 2. The average Bonchev–Trinajstić information content (AvgIpc) is 3.07. The Bertz CT molecular complexity index is 890. The second-order valence-corrected chi connectivity index (χ2v) is 8.86. The van der Waals surface area contributed by atoms with Crippen molar-refractivity contribution in [3.63, 3.8) is 0 Å². The van der Waals surface area contributed by atoms with E-state index in [0.29, 0.717) is 17.8 Å². The number of hydrogen-bond donors (Lipinski definition) is 0. The van der Waals surface area contributed by atoms with Crippen LogP contribution in [0.15, 0.2) is 42.5 Å².